The second-order valence-corrected chi connectivity index (χ2v) is 5.06. The van der Waals surface area contributed by atoms with E-state index in [0.29, 0.717) is 0 Å². The highest BCUT2D eigenvalue weighted by molar-refractivity contribution is 4.74. The lowest BCUT2D eigenvalue weighted by Crippen LogP contribution is -2.18. The van der Waals surface area contributed by atoms with Gasteiger partial charge in [-0.2, -0.15) is 0 Å². The van der Waals surface area contributed by atoms with Crippen molar-refractivity contribution in [1.29, 1.82) is 0 Å². The Labute approximate surface area is 90.5 Å². The van der Waals surface area contributed by atoms with E-state index in [0.717, 1.165) is 11.8 Å². The van der Waals surface area contributed by atoms with Crippen LogP contribution in [0.4, 0.5) is 0 Å². The summed E-state index contributed by atoms with van der Waals surface area (Å²) in [5.41, 5.74) is 0. The summed E-state index contributed by atoms with van der Waals surface area (Å²) in [4.78, 5) is 0. The van der Waals surface area contributed by atoms with Gasteiger partial charge in [-0.15, -0.1) is 0 Å². The monoisotopic (exact) mass is 196 g/mol. The topological polar surface area (TPSA) is 0 Å². The van der Waals surface area contributed by atoms with Crippen LogP contribution in [0.3, 0.4) is 0 Å². The molecular weight excluding hydrogens is 168 g/mol. The third-order valence-corrected chi connectivity index (χ3v) is 4.02. The molecule has 0 aromatic rings. The Bertz CT molecular complexity index is 128. The first-order chi connectivity index (χ1) is 6.88. The van der Waals surface area contributed by atoms with Crippen LogP contribution in [0.5, 0.6) is 0 Å². The van der Waals surface area contributed by atoms with Crippen LogP contribution in [0.25, 0.3) is 0 Å². The van der Waals surface area contributed by atoms with E-state index in [1.54, 1.807) is 0 Å². The summed E-state index contributed by atoms with van der Waals surface area (Å²) in [5.74, 6) is 2.16. The van der Waals surface area contributed by atoms with Gasteiger partial charge in [0.1, 0.15) is 0 Å². The largest absolute Gasteiger partial charge is 0.0654 e. The second kappa shape index (κ2) is 7.31. The van der Waals surface area contributed by atoms with Crippen LogP contribution < -0.4 is 0 Å². The fourth-order valence-corrected chi connectivity index (χ4v) is 3.04. The zero-order chi connectivity index (χ0) is 10.2. The highest BCUT2D eigenvalue weighted by Gasteiger charge is 2.22. The molecule has 0 aromatic heterocycles. The minimum Gasteiger partial charge on any atom is -0.0654 e. The van der Waals surface area contributed by atoms with E-state index < -0.39 is 0 Å². The van der Waals surface area contributed by atoms with Crippen molar-refractivity contribution in [2.24, 2.45) is 11.8 Å². The van der Waals surface area contributed by atoms with Crippen molar-refractivity contribution in [1.82, 2.24) is 0 Å². The third-order valence-electron chi connectivity index (χ3n) is 4.02. The van der Waals surface area contributed by atoms with Crippen molar-refractivity contribution < 1.29 is 0 Å². The van der Waals surface area contributed by atoms with Gasteiger partial charge in [0.25, 0.3) is 0 Å². The first-order valence-electron chi connectivity index (χ1n) is 6.88. The van der Waals surface area contributed by atoms with Crippen molar-refractivity contribution in [3.63, 3.8) is 0 Å². The van der Waals surface area contributed by atoms with Crippen molar-refractivity contribution in [2.45, 2.75) is 78.1 Å². The maximum atomic E-state index is 2.38. The highest BCUT2D eigenvalue weighted by Crippen LogP contribution is 2.35. The third kappa shape index (κ3) is 4.02. The fourth-order valence-electron chi connectivity index (χ4n) is 3.04. The predicted octanol–water partition coefficient (Wildman–Crippen LogP) is 5.17. The lowest BCUT2D eigenvalue weighted by Gasteiger charge is -2.30. The number of unbranched alkanes of at least 4 members (excludes halogenated alkanes) is 3. The van der Waals surface area contributed by atoms with E-state index in [9.17, 15) is 0 Å². The average Bonchev–Trinajstić information content (AvgIpc) is 2.25. The molecule has 2 atom stereocenters. The minimum atomic E-state index is 1.07. The van der Waals surface area contributed by atoms with Gasteiger partial charge in [0.05, 0.1) is 0 Å². The van der Waals surface area contributed by atoms with Crippen molar-refractivity contribution >= 4 is 0 Å². The van der Waals surface area contributed by atoms with E-state index in [-0.39, 0.29) is 0 Å². The van der Waals surface area contributed by atoms with E-state index >= 15 is 0 Å². The molecule has 0 N–H and O–H groups in total. The maximum absolute atomic E-state index is 2.38. The lowest BCUT2D eigenvalue weighted by atomic mass is 9.75. The highest BCUT2D eigenvalue weighted by atomic mass is 14.3. The molecule has 0 amide bonds. The van der Waals surface area contributed by atoms with E-state index in [2.05, 4.69) is 13.8 Å². The number of rotatable bonds is 6. The van der Waals surface area contributed by atoms with E-state index in [4.69, 9.17) is 0 Å². The summed E-state index contributed by atoms with van der Waals surface area (Å²) in [6.45, 7) is 4.69. The first kappa shape index (κ1) is 12.1. The zero-order valence-corrected chi connectivity index (χ0v) is 10.2. The van der Waals surface area contributed by atoms with Crippen LogP contribution in [0.2, 0.25) is 0 Å². The molecule has 2 unspecified atom stereocenters. The van der Waals surface area contributed by atoms with Crippen molar-refractivity contribution in [3.8, 4) is 0 Å². The molecule has 0 heterocycles. The molecule has 0 bridgehead atoms. The molecular formula is C14H28. The molecule has 14 heavy (non-hydrogen) atoms. The molecule has 1 aliphatic carbocycles. The fraction of sp³-hybridized carbons (Fsp3) is 1.00. The second-order valence-electron chi connectivity index (χ2n) is 5.06. The molecule has 1 fully saturated rings. The van der Waals surface area contributed by atoms with Gasteiger partial charge in [0.2, 0.25) is 0 Å². The summed E-state index contributed by atoms with van der Waals surface area (Å²) in [6, 6.07) is 0. The first-order valence-corrected chi connectivity index (χ1v) is 6.88. The molecule has 0 saturated heterocycles. The van der Waals surface area contributed by atoms with Gasteiger partial charge in [0, 0.05) is 0 Å². The lowest BCUT2D eigenvalue weighted by molar-refractivity contribution is 0.213. The summed E-state index contributed by atoms with van der Waals surface area (Å²) in [5, 5.41) is 0. The van der Waals surface area contributed by atoms with Crippen LogP contribution in [-0.2, 0) is 0 Å². The van der Waals surface area contributed by atoms with Crippen molar-refractivity contribution in [3.05, 3.63) is 0 Å². The molecule has 0 heteroatoms. The van der Waals surface area contributed by atoms with Gasteiger partial charge in [-0.3, -0.25) is 0 Å². The molecule has 0 radical (unpaired) electrons. The number of hydrogen-bond acceptors (Lipinski definition) is 0. The minimum absolute atomic E-state index is 1.07. The Kier molecular flexibility index (Phi) is 6.31. The Morgan fingerprint density at radius 2 is 1.57 bits per heavy atom. The molecule has 1 rings (SSSR count). The summed E-state index contributed by atoms with van der Waals surface area (Å²) >= 11 is 0. The van der Waals surface area contributed by atoms with Gasteiger partial charge in [-0.25, -0.2) is 0 Å². The quantitative estimate of drug-likeness (QED) is 0.514. The Morgan fingerprint density at radius 1 is 0.857 bits per heavy atom. The van der Waals surface area contributed by atoms with Crippen LogP contribution in [0, 0.1) is 11.8 Å². The normalized spacial score (nSPS) is 27.9. The summed E-state index contributed by atoms with van der Waals surface area (Å²) in [7, 11) is 0. The van der Waals surface area contributed by atoms with Gasteiger partial charge in [-0.05, 0) is 11.8 Å². The van der Waals surface area contributed by atoms with Gasteiger partial charge < -0.3 is 0 Å². The summed E-state index contributed by atoms with van der Waals surface area (Å²) in [6.07, 6.45) is 14.8. The molecule has 1 aliphatic rings. The smallest absolute Gasteiger partial charge is 0.0386 e. The molecule has 0 spiro atoms. The van der Waals surface area contributed by atoms with Crippen LogP contribution in [0.1, 0.15) is 78.1 Å². The van der Waals surface area contributed by atoms with Crippen LogP contribution in [0.15, 0.2) is 0 Å². The van der Waals surface area contributed by atoms with Crippen molar-refractivity contribution in [2.75, 3.05) is 0 Å². The van der Waals surface area contributed by atoms with Gasteiger partial charge >= 0.3 is 0 Å². The Morgan fingerprint density at radius 3 is 2.21 bits per heavy atom. The predicted molar refractivity (Wildman–Crippen MR) is 64.5 cm³/mol. The average molecular weight is 196 g/mol. The zero-order valence-electron chi connectivity index (χ0n) is 10.2. The summed E-state index contributed by atoms with van der Waals surface area (Å²) < 4.78 is 0. The molecule has 0 aliphatic heterocycles. The molecule has 0 aromatic carbocycles. The maximum Gasteiger partial charge on any atom is -0.0386 e. The SMILES string of the molecule is CCCCCCC1CCCCC1CC. The Balaban J connectivity index is 2.13. The molecule has 0 nitrogen and oxygen atoms in total. The van der Waals surface area contributed by atoms with Gasteiger partial charge in [0.15, 0.2) is 0 Å². The van der Waals surface area contributed by atoms with E-state index in [1.165, 1.54) is 64.2 Å². The van der Waals surface area contributed by atoms with Crippen LogP contribution in [-0.4, -0.2) is 0 Å². The van der Waals surface area contributed by atoms with Gasteiger partial charge in [-0.1, -0.05) is 78.1 Å². The number of hydrogen-bond donors (Lipinski definition) is 0. The molecule has 1 saturated carbocycles. The van der Waals surface area contributed by atoms with E-state index in [1.807, 2.05) is 0 Å². The Hall–Kier alpha value is 0. The van der Waals surface area contributed by atoms with Crippen LogP contribution >= 0.6 is 0 Å². The molecule has 84 valence electrons. The standard InChI is InChI=1S/C14H28/c1-3-5-6-7-11-14-12-9-8-10-13(14)4-2/h13-14H,3-12H2,1-2H3.